The van der Waals surface area contributed by atoms with Gasteiger partial charge in [-0.25, -0.2) is 0 Å². The van der Waals surface area contributed by atoms with E-state index < -0.39 is 5.91 Å². The first-order valence-electron chi connectivity index (χ1n) is 5.32. The molecule has 17 heavy (non-hydrogen) atoms. The molecular formula is C13H16N2O2. The fourth-order valence-corrected chi connectivity index (χ4v) is 1.49. The average molecular weight is 232 g/mol. The molecule has 0 spiro atoms. The molecule has 4 nitrogen and oxygen atoms in total. The summed E-state index contributed by atoms with van der Waals surface area (Å²) < 4.78 is 5.08. The molecule has 4 heteroatoms. The maximum Gasteiger partial charge on any atom is 0.322 e. The topological polar surface area (TPSA) is 62.1 Å². The van der Waals surface area contributed by atoms with Crippen molar-refractivity contribution in [1.29, 1.82) is 5.26 Å². The minimum atomic E-state index is -0.605. The lowest BCUT2D eigenvalue weighted by Gasteiger charge is -2.25. The van der Waals surface area contributed by atoms with Crippen LogP contribution in [0.5, 0.6) is 5.75 Å². The third-order valence-electron chi connectivity index (χ3n) is 2.66. The van der Waals surface area contributed by atoms with Crippen LogP contribution in [0.3, 0.4) is 0 Å². The monoisotopic (exact) mass is 232 g/mol. The van der Waals surface area contributed by atoms with Crippen molar-refractivity contribution in [2.75, 3.05) is 13.7 Å². The molecule has 0 aromatic heterocycles. The number of rotatable bonds is 4. The molecule has 0 atom stereocenters. The van der Waals surface area contributed by atoms with E-state index in [0.29, 0.717) is 6.54 Å². The summed E-state index contributed by atoms with van der Waals surface area (Å²) >= 11 is 0. The van der Waals surface area contributed by atoms with Crippen LogP contribution in [-0.2, 0) is 10.2 Å². The van der Waals surface area contributed by atoms with Gasteiger partial charge in [0.25, 0.3) is 0 Å². The maximum atomic E-state index is 10.9. The van der Waals surface area contributed by atoms with Crippen LogP contribution in [-0.4, -0.2) is 19.6 Å². The zero-order valence-electron chi connectivity index (χ0n) is 10.3. The van der Waals surface area contributed by atoms with Crippen LogP contribution in [0.2, 0.25) is 0 Å². The van der Waals surface area contributed by atoms with Gasteiger partial charge < -0.3 is 10.1 Å². The molecule has 0 aliphatic heterocycles. The van der Waals surface area contributed by atoms with Crippen molar-refractivity contribution in [2.45, 2.75) is 19.3 Å². The van der Waals surface area contributed by atoms with Gasteiger partial charge in [-0.3, -0.25) is 4.79 Å². The van der Waals surface area contributed by atoms with Crippen molar-refractivity contribution < 1.29 is 9.53 Å². The first-order valence-corrected chi connectivity index (χ1v) is 5.32. The maximum absolute atomic E-state index is 10.9. The fourth-order valence-electron chi connectivity index (χ4n) is 1.49. The van der Waals surface area contributed by atoms with E-state index >= 15 is 0 Å². The third kappa shape index (κ3) is 3.49. The summed E-state index contributed by atoms with van der Waals surface area (Å²) in [4.78, 5) is 10.9. The Morgan fingerprint density at radius 2 is 2.00 bits per heavy atom. The van der Waals surface area contributed by atoms with Gasteiger partial charge in [-0.15, -0.1) is 0 Å². The second-order valence-corrected chi connectivity index (χ2v) is 4.41. The van der Waals surface area contributed by atoms with Gasteiger partial charge in [0.15, 0.2) is 6.07 Å². The molecule has 1 aromatic rings. The number of amides is 1. The number of nitrogens with one attached hydrogen (secondary N) is 1. The lowest BCUT2D eigenvalue weighted by Crippen LogP contribution is -2.35. The molecule has 1 amide bonds. The molecule has 0 fully saturated rings. The van der Waals surface area contributed by atoms with E-state index in [0.717, 1.165) is 11.3 Å². The van der Waals surface area contributed by atoms with E-state index in [2.05, 4.69) is 5.32 Å². The zero-order valence-corrected chi connectivity index (χ0v) is 10.3. The highest BCUT2D eigenvalue weighted by Gasteiger charge is 2.21. The predicted octanol–water partition coefficient (Wildman–Crippen LogP) is 1.61. The fraction of sp³-hybridized carbons (Fsp3) is 0.385. The zero-order chi connectivity index (χ0) is 12.9. The van der Waals surface area contributed by atoms with Crippen LogP contribution < -0.4 is 10.1 Å². The van der Waals surface area contributed by atoms with Crippen molar-refractivity contribution in [3.63, 3.8) is 0 Å². The molecule has 0 radical (unpaired) electrons. The van der Waals surface area contributed by atoms with Gasteiger partial charge in [0.1, 0.15) is 5.75 Å². The minimum absolute atomic E-state index is 0.223. The molecule has 90 valence electrons. The van der Waals surface area contributed by atoms with Gasteiger partial charge >= 0.3 is 5.91 Å². The second kappa shape index (κ2) is 5.35. The molecule has 0 bridgehead atoms. The first kappa shape index (κ1) is 13.0. The number of ether oxygens (including phenoxy) is 1. The van der Waals surface area contributed by atoms with Crippen molar-refractivity contribution in [3.05, 3.63) is 29.8 Å². The van der Waals surface area contributed by atoms with Crippen molar-refractivity contribution in [2.24, 2.45) is 0 Å². The van der Waals surface area contributed by atoms with Gasteiger partial charge in [-0.1, -0.05) is 26.0 Å². The Hall–Kier alpha value is -2.02. The summed E-state index contributed by atoms with van der Waals surface area (Å²) in [6, 6.07) is 9.20. The Bertz CT molecular complexity index is 430. The van der Waals surface area contributed by atoms with E-state index in [1.54, 1.807) is 7.11 Å². The van der Waals surface area contributed by atoms with Gasteiger partial charge in [-0.2, -0.15) is 5.26 Å². The molecule has 0 saturated heterocycles. The standard InChI is InChI=1S/C13H16N2O2/c1-13(2,9-15-12(16)8-14)10-4-6-11(17-3)7-5-10/h4-7H,9H2,1-3H3,(H,15,16). The van der Waals surface area contributed by atoms with Gasteiger partial charge in [0, 0.05) is 12.0 Å². The molecule has 1 rings (SSSR count). The third-order valence-corrected chi connectivity index (χ3v) is 2.66. The number of nitrogens with zero attached hydrogens (tertiary/aromatic N) is 1. The Morgan fingerprint density at radius 1 is 1.41 bits per heavy atom. The van der Waals surface area contributed by atoms with Crippen LogP contribution >= 0.6 is 0 Å². The number of benzene rings is 1. The smallest absolute Gasteiger partial charge is 0.322 e. The molecule has 1 aromatic carbocycles. The Labute approximate surface area is 101 Å². The lowest BCUT2D eigenvalue weighted by atomic mass is 9.84. The molecular weight excluding hydrogens is 216 g/mol. The van der Waals surface area contributed by atoms with Crippen LogP contribution in [0.4, 0.5) is 0 Å². The minimum Gasteiger partial charge on any atom is -0.497 e. The van der Waals surface area contributed by atoms with Crippen LogP contribution in [0.25, 0.3) is 0 Å². The Kier molecular flexibility index (Phi) is 4.11. The van der Waals surface area contributed by atoms with E-state index in [4.69, 9.17) is 10.00 Å². The average Bonchev–Trinajstić information content (AvgIpc) is 2.36. The molecule has 0 aliphatic rings. The van der Waals surface area contributed by atoms with Gasteiger partial charge in [0.05, 0.1) is 7.11 Å². The number of hydrogen-bond acceptors (Lipinski definition) is 3. The van der Waals surface area contributed by atoms with Crippen LogP contribution in [0.15, 0.2) is 24.3 Å². The highest BCUT2D eigenvalue weighted by atomic mass is 16.5. The number of nitriles is 1. The Morgan fingerprint density at radius 3 is 2.47 bits per heavy atom. The summed E-state index contributed by atoms with van der Waals surface area (Å²) in [5.41, 5.74) is 0.857. The predicted molar refractivity (Wildman–Crippen MR) is 64.6 cm³/mol. The highest BCUT2D eigenvalue weighted by Crippen LogP contribution is 2.24. The van der Waals surface area contributed by atoms with Crippen molar-refractivity contribution in [1.82, 2.24) is 5.32 Å². The molecule has 0 aliphatic carbocycles. The summed E-state index contributed by atoms with van der Waals surface area (Å²) in [6.45, 7) is 4.44. The molecule has 0 saturated carbocycles. The van der Waals surface area contributed by atoms with E-state index in [9.17, 15) is 4.79 Å². The van der Waals surface area contributed by atoms with Crippen molar-refractivity contribution >= 4 is 5.91 Å². The highest BCUT2D eigenvalue weighted by molar-refractivity contribution is 5.91. The number of hydrogen-bond donors (Lipinski definition) is 1. The number of methoxy groups -OCH3 is 1. The SMILES string of the molecule is COc1ccc(C(C)(C)CNC(=O)C#N)cc1. The summed E-state index contributed by atoms with van der Waals surface area (Å²) in [5, 5.41) is 11.0. The molecule has 0 unspecified atom stereocenters. The quantitative estimate of drug-likeness (QED) is 0.802. The summed E-state index contributed by atoms with van der Waals surface area (Å²) in [5.74, 6) is 0.192. The van der Waals surface area contributed by atoms with E-state index in [-0.39, 0.29) is 5.41 Å². The van der Waals surface area contributed by atoms with Crippen LogP contribution in [0, 0.1) is 11.3 Å². The molecule has 0 heterocycles. The first-order chi connectivity index (χ1) is 7.99. The number of carbonyl (C=O) groups excluding carboxylic acids is 1. The summed E-state index contributed by atoms with van der Waals surface area (Å²) in [7, 11) is 1.62. The Balaban J connectivity index is 2.75. The van der Waals surface area contributed by atoms with Crippen LogP contribution in [0.1, 0.15) is 19.4 Å². The lowest BCUT2D eigenvalue weighted by molar-refractivity contribution is -0.116. The molecule has 1 N–H and O–H groups in total. The second-order valence-electron chi connectivity index (χ2n) is 4.41. The van der Waals surface area contributed by atoms with Crippen molar-refractivity contribution in [3.8, 4) is 11.8 Å². The largest absolute Gasteiger partial charge is 0.497 e. The van der Waals surface area contributed by atoms with Gasteiger partial charge in [0.2, 0.25) is 0 Å². The number of carbonyl (C=O) groups is 1. The normalized spacial score (nSPS) is 10.5. The summed E-state index contributed by atoms with van der Waals surface area (Å²) in [6.07, 6.45) is 0. The van der Waals surface area contributed by atoms with E-state index in [1.165, 1.54) is 6.07 Å². The van der Waals surface area contributed by atoms with Gasteiger partial charge in [-0.05, 0) is 17.7 Å². The van der Waals surface area contributed by atoms with E-state index in [1.807, 2.05) is 38.1 Å².